The third-order valence-electron chi connectivity index (χ3n) is 4.68. The summed E-state index contributed by atoms with van der Waals surface area (Å²) in [6, 6.07) is 13.8. The molecule has 0 radical (unpaired) electrons. The van der Waals surface area contributed by atoms with Crippen molar-refractivity contribution in [2.75, 3.05) is 39.5 Å². The molecule has 2 aromatic rings. The van der Waals surface area contributed by atoms with Crippen molar-refractivity contribution in [2.45, 2.75) is 17.7 Å². The number of hydrogen-bond acceptors (Lipinski definition) is 5. The average Bonchev–Trinajstić information content (AvgIpc) is 2.76. The Morgan fingerprint density at radius 1 is 1.07 bits per heavy atom. The number of carbonyl (C=O) groups excluding carboxylic acids is 1. The van der Waals surface area contributed by atoms with Crippen LogP contribution in [-0.2, 0) is 26.0 Å². The predicted molar refractivity (Wildman–Crippen MR) is 114 cm³/mol. The number of sulfonamides is 1. The molecule has 7 nitrogen and oxygen atoms in total. The molecule has 1 fully saturated rings. The molecule has 0 aliphatic carbocycles. The van der Waals surface area contributed by atoms with Crippen LogP contribution >= 0.6 is 11.6 Å². The second-order valence-corrected chi connectivity index (χ2v) is 9.19. The lowest BCUT2D eigenvalue weighted by atomic mass is 10.1. The van der Waals surface area contributed by atoms with Gasteiger partial charge < -0.3 is 14.8 Å². The summed E-state index contributed by atoms with van der Waals surface area (Å²) in [6.45, 7) is 2.33. The fraction of sp³-hybridized carbons (Fsp3) is 0.381. The molecule has 0 spiro atoms. The van der Waals surface area contributed by atoms with Gasteiger partial charge in [0.15, 0.2) is 0 Å². The first kappa shape index (κ1) is 22.6. The van der Waals surface area contributed by atoms with E-state index in [4.69, 9.17) is 21.1 Å². The Labute approximate surface area is 182 Å². The molecule has 1 heterocycles. The largest absolute Gasteiger partial charge is 0.493 e. The molecule has 0 saturated carbocycles. The number of nitrogens with zero attached hydrogens (tertiary/aromatic N) is 1. The number of hydrogen-bond donors (Lipinski definition) is 1. The van der Waals surface area contributed by atoms with Crippen molar-refractivity contribution in [3.63, 3.8) is 0 Å². The van der Waals surface area contributed by atoms with E-state index in [-0.39, 0.29) is 23.8 Å². The van der Waals surface area contributed by atoms with E-state index in [1.54, 1.807) is 48.5 Å². The minimum absolute atomic E-state index is 0.101. The van der Waals surface area contributed by atoms with Gasteiger partial charge in [0.05, 0.1) is 31.1 Å². The average molecular weight is 453 g/mol. The Kier molecular flexibility index (Phi) is 8.09. The van der Waals surface area contributed by atoms with Crippen LogP contribution in [-0.4, -0.2) is 58.1 Å². The molecular formula is C21H25ClN2O5S. The first-order valence-electron chi connectivity index (χ1n) is 9.77. The Balaban J connectivity index is 1.39. The monoisotopic (exact) mass is 452 g/mol. The second kappa shape index (κ2) is 10.8. The zero-order chi connectivity index (χ0) is 21.4. The summed E-state index contributed by atoms with van der Waals surface area (Å²) in [5, 5.41) is 3.47. The number of morpholine rings is 1. The van der Waals surface area contributed by atoms with Crippen molar-refractivity contribution >= 4 is 27.5 Å². The summed E-state index contributed by atoms with van der Waals surface area (Å²) in [4.78, 5) is 12.2. The molecule has 1 aliphatic heterocycles. The lowest BCUT2D eigenvalue weighted by Gasteiger charge is -2.26. The Morgan fingerprint density at radius 3 is 2.40 bits per heavy atom. The molecule has 3 rings (SSSR count). The number of benzene rings is 2. The van der Waals surface area contributed by atoms with E-state index in [1.165, 1.54) is 4.31 Å². The minimum Gasteiger partial charge on any atom is -0.493 e. The number of halogens is 1. The van der Waals surface area contributed by atoms with Crippen LogP contribution in [0.25, 0.3) is 0 Å². The molecule has 1 amide bonds. The molecule has 9 heteroatoms. The van der Waals surface area contributed by atoms with Crippen molar-refractivity contribution in [1.82, 2.24) is 9.62 Å². The third kappa shape index (κ3) is 6.43. The van der Waals surface area contributed by atoms with Crippen LogP contribution in [0.4, 0.5) is 0 Å². The predicted octanol–water partition coefficient (Wildman–Crippen LogP) is 2.49. The summed E-state index contributed by atoms with van der Waals surface area (Å²) < 4.78 is 37.4. The molecule has 1 aliphatic rings. The Bertz CT molecular complexity index is 927. The standard InChI is InChI=1S/C21H25ClN2O5S/c22-18-3-5-19(6-4-18)29-14-10-21(25)23-11-9-17-1-7-20(8-2-17)30(26,27)24-12-15-28-16-13-24/h1-8H,9-16H2,(H,23,25). The Hall–Kier alpha value is -2.13. The van der Waals surface area contributed by atoms with Crippen LogP contribution in [0.3, 0.4) is 0 Å². The Morgan fingerprint density at radius 2 is 1.73 bits per heavy atom. The van der Waals surface area contributed by atoms with E-state index in [0.29, 0.717) is 50.0 Å². The highest BCUT2D eigenvalue weighted by Crippen LogP contribution is 2.18. The van der Waals surface area contributed by atoms with Crippen molar-refractivity contribution in [1.29, 1.82) is 0 Å². The van der Waals surface area contributed by atoms with Crippen LogP contribution in [0, 0.1) is 0 Å². The maximum atomic E-state index is 12.6. The van der Waals surface area contributed by atoms with Gasteiger partial charge in [-0.1, -0.05) is 23.7 Å². The van der Waals surface area contributed by atoms with Gasteiger partial charge in [-0.15, -0.1) is 0 Å². The van der Waals surface area contributed by atoms with Crippen LogP contribution in [0.15, 0.2) is 53.4 Å². The fourth-order valence-electron chi connectivity index (χ4n) is 2.99. The SMILES string of the molecule is O=C(CCOc1ccc(Cl)cc1)NCCc1ccc(S(=O)(=O)N2CCOCC2)cc1. The summed E-state index contributed by atoms with van der Waals surface area (Å²) >= 11 is 5.81. The van der Waals surface area contributed by atoms with Crippen molar-refractivity contribution < 1.29 is 22.7 Å². The summed E-state index contributed by atoms with van der Waals surface area (Å²) in [6.07, 6.45) is 0.862. The van der Waals surface area contributed by atoms with Crippen molar-refractivity contribution in [2.24, 2.45) is 0 Å². The molecular weight excluding hydrogens is 428 g/mol. The van der Waals surface area contributed by atoms with E-state index < -0.39 is 10.0 Å². The van der Waals surface area contributed by atoms with E-state index in [0.717, 1.165) is 5.56 Å². The zero-order valence-electron chi connectivity index (χ0n) is 16.6. The minimum atomic E-state index is -3.49. The van der Waals surface area contributed by atoms with Crippen LogP contribution in [0.2, 0.25) is 5.02 Å². The normalized spacial score (nSPS) is 15.0. The lowest BCUT2D eigenvalue weighted by Crippen LogP contribution is -2.40. The summed E-state index contributed by atoms with van der Waals surface area (Å²) in [5.74, 6) is 0.565. The smallest absolute Gasteiger partial charge is 0.243 e. The molecule has 0 bridgehead atoms. The lowest BCUT2D eigenvalue weighted by molar-refractivity contribution is -0.121. The first-order valence-corrected chi connectivity index (χ1v) is 11.6. The molecule has 1 saturated heterocycles. The molecule has 2 aromatic carbocycles. The quantitative estimate of drug-likeness (QED) is 0.631. The highest BCUT2D eigenvalue weighted by molar-refractivity contribution is 7.89. The summed E-state index contributed by atoms with van der Waals surface area (Å²) in [7, 11) is -3.49. The highest BCUT2D eigenvalue weighted by atomic mass is 35.5. The molecule has 30 heavy (non-hydrogen) atoms. The van der Waals surface area contributed by atoms with Crippen LogP contribution in [0.1, 0.15) is 12.0 Å². The van der Waals surface area contributed by atoms with E-state index in [2.05, 4.69) is 5.32 Å². The van der Waals surface area contributed by atoms with Gasteiger partial charge in [-0.2, -0.15) is 4.31 Å². The zero-order valence-corrected chi connectivity index (χ0v) is 18.1. The highest BCUT2D eigenvalue weighted by Gasteiger charge is 2.25. The molecule has 0 aromatic heterocycles. The van der Waals surface area contributed by atoms with Gasteiger partial charge in [0.25, 0.3) is 0 Å². The summed E-state index contributed by atoms with van der Waals surface area (Å²) in [5.41, 5.74) is 0.952. The van der Waals surface area contributed by atoms with Crippen LogP contribution < -0.4 is 10.1 Å². The van der Waals surface area contributed by atoms with Gasteiger partial charge in [-0.25, -0.2) is 8.42 Å². The van der Waals surface area contributed by atoms with E-state index in [9.17, 15) is 13.2 Å². The number of amides is 1. The molecule has 0 atom stereocenters. The van der Waals surface area contributed by atoms with Crippen LogP contribution in [0.5, 0.6) is 5.75 Å². The maximum absolute atomic E-state index is 12.6. The van der Waals surface area contributed by atoms with Gasteiger partial charge in [-0.3, -0.25) is 4.79 Å². The molecule has 1 N–H and O–H groups in total. The van der Waals surface area contributed by atoms with Gasteiger partial charge in [0.1, 0.15) is 5.75 Å². The topological polar surface area (TPSA) is 84.9 Å². The number of carbonyl (C=O) groups is 1. The molecule has 0 unspecified atom stereocenters. The van der Waals surface area contributed by atoms with Gasteiger partial charge in [-0.05, 0) is 48.4 Å². The number of nitrogens with one attached hydrogen (secondary N) is 1. The second-order valence-electron chi connectivity index (χ2n) is 6.81. The third-order valence-corrected chi connectivity index (χ3v) is 6.84. The van der Waals surface area contributed by atoms with Crippen molar-refractivity contribution in [3.8, 4) is 5.75 Å². The fourth-order valence-corrected chi connectivity index (χ4v) is 4.53. The van der Waals surface area contributed by atoms with Gasteiger partial charge in [0.2, 0.25) is 15.9 Å². The van der Waals surface area contributed by atoms with E-state index >= 15 is 0 Å². The van der Waals surface area contributed by atoms with E-state index in [1.807, 2.05) is 0 Å². The number of rotatable bonds is 9. The number of ether oxygens (including phenoxy) is 2. The van der Waals surface area contributed by atoms with Gasteiger partial charge >= 0.3 is 0 Å². The van der Waals surface area contributed by atoms with Crippen molar-refractivity contribution in [3.05, 3.63) is 59.1 Å². The maximum Gasteiger partial charge on any atom is 0.243 e. The molecule has 162 valence electrons. The van der Waals surface area contributed by atoms with Gasteiger partial charge in [0, 0.05) is 24.7 Å². The first-order chi connectivity index (χ1) is 14.4.